The molecule has 0 radical (unpaired) electrons. The van der Waals surface area contributed by atoms with Crippen LogP contribution in [0, 0.1) is 19.8 Å². The van der Waals surface area contributed by atoms with Crippen molar-refractivity contribution in [2.75, 3.05) is 18.5 Å². The zero-order valence-corrected chi connectivity index (χ0v) is 13.0. The lowest BCUT2D eigenvalue weighted by Gasteiger charge is -2.30. The quantitative estimate of drug-likeness (QED) is 0.940. The standard InChI is InChI=1S/C17H23N3O/c1-12-11-21-8-7-17(12)18-15-5-4-6-16(10-15)20-14(3)9-13(2)19-20/h4-6,9-10,12,17-18H,7-8,11H2,1-3H3. The summed E-state index contributed by atoms with van der Waals surface area (Å²) in [6.07, 6.45) is 1.06. The third-order valence-electron chi connectivity index (χ3n) is 4.09. The summed E-state index contributed by atoms with van der Waals surface area (Å²) in [6.45, 7) is 8.03. The van der Waals surface area contributed by atoms with Gasteiger partial charge < -0.3 is 10.1 Å². The number of anilines is 1. The Kier molecular flexibility index (Phi) is 3.97. The number of aromatic nitrogens is 2. The van der Waals surface area contributed by atoms with Gasteiger partial charge in [0.1, 0.15) is 0 Å². The second-order valence-corrected chi connectivity index (χ2v) is 5.98. The van der Waals surface area contributed by atoms with Gasteiger partial charge in [0.05, 0.1) is 18.0 Å². The van der Waals surface area contributed by atoms with Crippen LogP contribution in [0.3, 0.4) is 0 Å². The molecule has 2 unspecified atom stereocenters. The van der Waals surface area contributed by atoms with E-state index in [1.165, 1.54) is 0 Å². The Hall–Kier alpha value is -1.81. The molecule has 1 N–H and O–H groups in total. The van der Waals surface area contributed by atoms with Crippen LogP contribution in [0.15, 0.2) is 30.3 Å². The maximum atomic E-state index is 5.51. The Morgan fingerprint density at radius 3 is 2.86 bits per heavy atom. The molecule has 2 atom stereocenters. The van der Waals surface area contributed by atoms with Crippen LogP contribution in [-0.2, 0) is 4.74 Å². The van der Waals surface area contributed by atoms with E-state index in [4.69, 9.17) is 4.74 Å². The highest BCUT2D eigenvalue weighted by molar-refractivity contribution is 5.52. The van der Waals surface area contributed by atoms with Gasteiger partial charge in [-0.25, -0.2) is 4.68 Å². The van der Waals surface area contributed by atoms with Crippen LogP contribution >= 0.6 is 0 Å². The van der Waals surface area contributed by atoms with Crippen molar-refractivity contribution in [1.29, 1.82) is 0 Å². The molecule has 0 spiro atoms. The number of hydrogen-bond donors (Lipinski definition) is 1. The van der Waals surface area contributed by atoms with Crippen molar-refractivity contribution in [3.63, 3.8) is 0 Å². The number of rotatable bonds is 3. The van der Waals surface area contributed by atoms with Crippen LogP contribution in [0.1, 0.15) is 24.7 Å². The summed E-state index contributed by atoms with van der Waals surface area (Å²) >= 11 is 0. The number of benzene rings is 1. The van der Waals surface area contributed by atoms with Crippen LogP contribution in [-0.4, -0.2) is 29.0 Å². The Morgan fingerprint density at radius 2 is 2.14 bits per heavy atom. The summed E-state index contributed by atoms with van der Waals surface area (Å²) in [4.78, 5) is 0. The van der Waals surface area contributed by atoms with Gasteiger partial charge in [-0.1, -0.05) is 13.0 Å². The van der Waals surface area contributed by atoms with Crippen molar-refractivity contribution in [3.05, 3.63) is 41.7 Å². The van der Waals surface area contributed by atoms with E-state index < -0.39 is 0 Å². The van der Waals surface area contributed by atoms with E-state index in [1.807, 2.05) is 11.6 Å². The molecule has 21 heavy (non-hydrogen) atoms. The number of aryl methyl sites for hydroxylation is 2. The summed E-state index contributed by atoms with van der Waals surface area (Å²) in [7, 11) is 0. The monoisotopic (exact) mass is 285 g/mol. The molecule has 4 nitrogen and oxygen atoms in total. The zero-order chi connectivity index (χ0) is 14.8. The fourth-order valence-electron chi connectivity index (χ4n) is 2.93. The van der Waals surface area contributed by atoms with Gasteiger partial charge in [0, 0.05) is 24.0 Å². The van der Waals surface area contributed by atoms with Crippen molar-refractivity contribution < 1.29 is 4.74 Å². The molecule has 1 aromatic carbocycles. The fourth-order valence-corrected chi connectivity index (χ4v) is 2.93. The van der Waals surface area contributed by atoms with Crippen LogP contribution in [0.5, 0.6) is 0 Å². The third kappa shape index (κ3) is 3.10. The van der Waals surface area contributed by atoms with Crippen molar-refractivity contribution in [2.24, 2.45) is 5.92 Å². The van der Waals surface area contributed by atoms with Crippen LogP contribution in [0.4, 0.5) is 5.69 Å². The Morgan fingerprint density at radius 1 is 1.29 bits per heavy atom. The first-order valence-electron chi connectivity index (χ1n) is 7.61. The molecular formula is C17H23N3O. The number of nitrogens with zero attached hydrogens (tertiary/aromatic N) is 2. The highest BCUT2D eigenvalue weighted by atomic mass is 16.5. The van der Waals surface area contributed by atoms with Crippen molar-refractivity contribution in [3.8, 4) is 5.69 Å². The summed E-state index contributed by atoms with van der Waals surface area (Å²) < 4.78 is 7.50. The first kappa shape index (κ1) is 14.1. The number of hydrogen-bond acceptors (Lipinski definition) is 3. The normalized spacial score (nSPS) is 22.2. The van der Waals surface area contributed by atoms with Crippen molar-refractivity contribution in [2.45, 2.75) is 33.2 Å². The first-order chi connectivity index (χ1) is 10.1. The van der Waals surface area contributed by atoms with Gasteiger partial charge in [-0.2, -0.15) is 5.10 Å². The summed E-state index contributed by atoms with van der Waals surface area (Å²) in [5.74, 6) is 0.538. The maximum absolute atomic E-state index is 5.51. The van der Waals surface area contributed by atoms with Gasteiger partial charge >= 0.3 is 0 Å². The van der Waals surface area contributed by atoms with Gasteiger partial charge in [-0.05, 0) is 50.5 Å². The minimum atomic E-state index is 0.481. The minimum absolute atomic E-state index is 0.481. The topological polar surface area (TPSA) is 39.1 Å². The average Bonchev–Trinajstić information content (AvgIpc) is 2.81. The molecule has 1 aromatic heterocycles. The SMILES string of the molecule is Cc1cc(C)n(-c2cccc(NC3CCOCC3C)c2)n1. The molecule has 0 saturated carbocycles. The van der Waals surface area contributed by atoms with E-state index in [1.54, 1.807) is 0 Å². The second-order valence-electron chi connectivity index (χ2n) is 5.98. The van der Waals surface area contributed by atoms with Crippen LogP contribution in [0.25, 0.3) is 5.69 Å². The van der Waals surface area contributed by atoms with Gasteiger partial charge in [-0.3, -0.25) is 0 Å². The maximum Gasteiger partial charge on any atom is 0.0669 e. The summed E-state index contributed by atoms with van der Waals surface area (Å²) in [5, 5.41) is 8.20. The van der Waals surface area contributed by atoms with E-state index in [2.05, 4.69) is 54.6 Å². The largest absolute Gasteiger partial charge is 0.382 e. The van der Waals surface area contributed by atoms with Crippen LogP contribution < -0.4 is 5.32 Å². The fraction of sp³-hybridized carbons (Fsp3) is 0.471. The molecule has 1 fully saturated rings. The average molecular weight is 285 g/mol. The Bertz CT molecular complexity index is 620. The smallest absolute Gasteiger partial charge is 0.0669 e. The van der Waals surface area contributed by atoms with E-state index >= 15 is 0 Å². The molecule has 2 aromatic rings. The van der Waals surface area contributed by atoms with Gasteiger partial charge in [0.25, 0.3) is 0 Å². The molecular weight excluding hydrogens is 262 g/mol. The lowest BCUT2D eigenvalue weighted by molar-refractivity contribution is 0.0538. The lowest BCUT2D eigenvalue weighted by Crippen LogP contribution is -2.35. The molecule has 112 valence electrons. The van der Waals surface area contributed by atoms with Gasteiger partial charge in [0.15, 0.2) is 0 Å². The Balaban J connectivity index is 1.81. The molecule has 2 heterocycles. The van der Waals surface area contributed by atoms with Gasteiger partial charge in [0.2, 0.25) is 0 Å². The van der Waals surface area contributed by atoms with Crippen molar-refractivity contribution >= 4 is 5.69 Å². The predicted molar refractivity (Wildman–Crippen MR) is 85.0 cm³/mol. The zero-order valence-electron chi connectivity index (χ0n) is 13.0. The Labute approximate surface area is 126 Å². The molecule has 0 bridgehead atoms. The highest BCUT2D eigenvalue weighted by Gasteiger charge is 2.21. The van der Waals surface area contributed by atoms with E-state index in [0.29, 0.717) is 12.0 Å². The molecule has 0 amide bonds. The summed E-state index contributed by atoms with van der Waals surface area (Å²) in [5.41, 5.74) is 4.46. The second kappa shape index (κ2) is 5.90. The minimum Gasteiger partial charge on any atom is -0.382 e. The van der Waals surface area contributed by atoms with Crippen LogP contribution in [0.2, 0.25) is 0 Å². The molecule has 4 heteroatoms. The number of nitrogens with one attached hydrogen (secondary N) is 1. The predicted octanol–water partition coefficient (Wildman–Crippen LogP) is 3.33. The first-order valence-corrected chi connectivity index (χ1v) is 7.61. The molecule has 1 saturated heterocycles. The highest BCUT2D eigenvalue weighted by Crippen LogP contribution is 2.22. The summed E-state index contributed by atoms with van der Waals surface area (Å²) in [6, 6.07) is 11.0. The lowest BCUT2D eigenvalue weighted by atomic mass is 9.97. The molecule has 1 aliphatic rings. The molecule has 0 aliphatic carbocycles. The van der Waals surface area contributed by atoms with E-state index in [0.717, 1.165) is 42.4 Å². The van der Waals surface area contributed by atoms with E-state index in [-0.39, 0.29) is 0 Å². The van der Waals surface area contributed by atoms with E-state index in [9.17, 15) is 0 Å². The third-order valence-corrected chi connectivity index (χ3v) is 4.09. The molecule has 1 aliphatic heterocycles. The number of ether oxygens (including phenoxy) is 1. The molecule has 3 rings (SSSR count). The van der Waals surface area contributed by atoms with Crippen molar-refractivity contribution in [1.82, 2.24) is 9.78 Å². The van der Waals surface area contributed by atoms with Gasteiger partial charge in [-0.15, -0.1) is 0 Å².